The molecule has 0 atom stereocenters. The molecule has 0 fully saturated rings. The molecule has 0 bridgehead atoms. The average Bonchev–Trinajstić information content (AvgIpc) is 3.07. The topological polar surface area (TPSA) is 64.0 Å². The molecule has 1 heterocycles. The lowest BCUT2D eigenvalue weighted by molar-refractivity contribution is 0.580. The fourth-order valence-corrected chi connectivity index (χ4v) is 3.91. The summed E-state index contributed by atoms with van der Waals surface area (Å²) in [5, 5.41) is 5.19. The van der Waals surface area contributed by atoms with E-state index in [1.165, 1.54) is 0 Å². The van der Waals surface area contributed by atoms with Gasteiger partial charge < -0.3 is 0 Å². The van der Waals surface area contributed by atoms with Crippen molar-refractivity contribution >= 4 is 33.2 Å². The van der Waals surface area contributed by atoms with Crippen LogP contribution in [0.4, 0.5) is 0 Å². The molecule has 1 N–H and O–H groups in total. The number of sulfonamides is 1. The SMILES string of the molecule is O=S(=O)(Cc1ccc(Cl)c(Cl)c1)NCCc1ccn(-c2ccccc2)n1. The second-order valence-corrected chi connectivity index (χ2v) is 8.36. The van der Waals surface area contributed by atoms with Crippen LogP contribution in [0.1, 0.15) is 11.3 Å². The highest BCUT2D eigenvalue weighted by Crippen LogP contribution is 2.23. The Hall–Kier alpha value is -1.86. The zero-order valence-corrected chi connectivity index (χ0v) is 16.1. The summed E-state index contributed by atoms with van der Waals surface area (Å²) in [6, 6.07) is 16.4. The molecule has 2 aromatic carbocycles. The molecule has 0 spiro atoms. The van der Waals surface area contributed by atoms with Gasteiger partial charge in [0.05, 0.1) is 27.2 Å². The first kappa shape index (κ1) is 18.9. The highest BCUT2D eigenvalue weighted by atomic mass is 35.5. The van der Waals surface area contributed by atoms with Crippen molar-refractivity contribution in [3.8, 4) is 5.69 Å². The molecule has 3 rings (SSSR count). The van der Waals surface area contributed by atoms with Gasteiger partial charge in [-0.25, -0.2) is 17.8 Å². The van der Waals surface area contributed by atoms with Crippen molar-refractivity contribution in [1.29, 1.82) is 0 Å². The number of hydrogen-bond acceptors (Lipinski definition) is 3. The van der Waals surface area contributed by atoms with E-state index in [1.807, 2.05) is 42.6 Å². The van der Waals surface area contributed by atoms with E-state index in [9.17, 15) is 8.42 Å². The van der Waals surface area contributed by atoms with Crippen molar-refractivity contribution in [1.82, 2.24) is 14.5 Å². The molecule has 8 heteroatoms. The summed E-state index contributed by atoms with van der Waals surface area (Å²) < 4.78 is 28.7. The molecule has 0 saturated carbocycles. The zero-order chi connectivity index (χ0) is 18.6. The fourth-order valence-electron chi connectivity index (χ4n) is 2.45. The fraction of sp³-hybridized carbons (Fsp3) is 0.167. The lowest BCUT2D eigenvalue weighted by Gasteiger charge is -2.07. The van der Waals surface area contributed by atoms with Crippen LogP contribution in [0.15, 0.2) is 60.8 Å². The number of aromatic nitrogens is 2. The Morgan fingerprint density at radius 2 is 1.77 bits per heavy atom. The maximum absolute atomic E-state index is 12.2. The summed E-state index contributed by atoms with van der Waals surface area (Å²) in [4.78, 5) is 0. The minimum Gasteiger partial charge on any atom is -0.241 e. The molecule has 0 saturated heterocycles. The van der Waals surface area contributed by atoms with Gasteiger partial charge in [-0.15, -0.1) is 0 Å². The lowest BCUT2D eigenvalue weighted by Crippen LogP contribution is -2.27. The van der Waals surface area contributed by atoms with Crippen LogP contribution in [0, 0.1) is 0 Å². The molecular formula is C18H17Cl2N3O2S. The summed E-state index contributed by atoms with van der Waals surface area (Å²) in [5.41, 5.74) is 2.35. The number of benzene rings is 2. The number of nitrogens with one attached hydrogen (secondary N) is 1. The molecule has 136 valence electrons. The Bertz CT molecular complexity index is 989. The summed E-state index contributed by atoms with van der Waals surface area (Å²) in [6.07, 6.45) is 2.36. The van der Waals surface area contributed by atoms with Gasteiger partial charge in [0, 0.05) is 19.2 Å². The van der Waals surface area contributed by atoms with Crippen LogP contribution in [-0.2, 0) is 22.2 Å². The molecule has 0 amide bonds. The van der Waals surface area contributed by atoms with Crippen LogP contribution in [0.3, 0.4) is 0 Å². The van der Waals surface area contributed by atoms with Crippen LogP contribution in [0.25, 0.3) is 5.69 Å². The first-order valence-electron chi connectivity index (χ1n) is 7.94. The zero-order valence-electron chi connectivity index (χ0n) is 13.8. The van der Waals surface area contributed by atoms with Crippen molar-refractivity contribution in [3.63, 3.8) is 0 Å². The summed E-state index contributed by atoms with van der Waals surface area (Å²) in [5.74, 6) is -0.150. The van der Waals surface area contributed by atoms with E-state index < -0.39 is 10.0 Å². The Balaban J connectivity index is 1.55. The van der Waals surface area contributed by atoms with Gasteiger partial charge in [0.15, 0.2) is 0 Å². The largest absolute Gasteiger partial charge is 0.241 e. The van der Waals surface area contributed by atoms with Crippen molar-refractivity contribution in [2.45, 2.75) is 12.2 Å². The molecule has 26 heavy (non-hydrogen) atoms. The van der Waals surface area contributed by atoms with Gasteiger partial charge in [-0.05, 0) is 35.9 Å². The van der Waals surface area contributed by atoms with E-state index in [-0.39, 0.29) is 12.3 Å². The number of rotatable bonds is 7. The quantitative estimate of drug-likeness (QED) is 0.644. The third-order valence-electron chi connectivity index (χ3n) is 3.71. The van der Waals surface area contributed by atoms with E-state index in [1.54, 1.807) is 22.9 Å². The van der Waals surface area contributed by atoms with E-state index in [0.29, 0.717) is 22.0 Å². The van der Waals surface area contributed by atoms with Crippen molar-refractivity contribution < 1.29 is 8.42 Å². The number of para-hydroxylation sites is 1. The Morgan fingerprint density at radius 1 is 1.00 bits per heavy atom. The second-order valence-electron chi connectivity index (χ2n) is 5.74. The second kappa shape index (κ2) is 8.22. The van der Waals surface area contributed by atoms with Crippen LogP contribution >= 0.6 is 23.2 Å². The predicted octanol–water partition coefficient (Wildman–Crippen LogP) is 3.84. The Labute approximate surface area is 162 Å². The standard InChI is InChI=1S/C18H17Cl2N3O2S/c19-17-7-6-14(12-18(17)20)13-26(24,25)21-10-8-15-9-11-23(22-15)16-4-2-1-3-5-16/h1-7,9,11-12,21H,8,10,13H2. The molecular weight excluding hydrogens is 393 g/mol. The molecule has 0 aliphatic heterocycles. The monoisotopic (exact) mass is 409 g/mol. The van der Waals surface area contributed by atoms with Gasteiger partial charge in [-0.3, -0.25) is 0 Å². The van der Waals surface area contributed by atoms with Gasteiger partial charge in [0.2, 0.25) is 10.0 Å². The molecule has 0 unspecified atom stereocenters. The first-order chi connectivity index (χ1) is 12.4. The lowest BCUT2D eigenvalue weighted by atomic mass is 10.2. The molecule has 1 aromatic heterocycles. The summed E-state index contributed by atoms with van der Waals surface area (Å²) in [7, 11) is -3.47. The molecule has 0 aliphatic rings. The van der Waals surface area contributed by atoms with Gasteiger partial charge in [-0.2, -0.15) is 5.10 Å². The van der Waals surface area contributed by atoms with Gasteiger partial charge in [0.1, 0.15) is 0 Å². The van der Waals surface area contributed by atoms with Crippen LogP contribution in [0.5, 0.6) is 0 Å². The van der Waals surface area contributed by atoms with Crippen molar-refractivity contribution in [2.24, 2.45) is 0 Å². The maximum atomic E-state index is 12.2. The van der Waals surface area contributed by atoms with Gasteiger partial charge >= 0.3 is 0 Å². The number of halogens is 2. The number of nitrogens with zero attached hydrogens (tertiary/aromatic N) is 2. The van der Waals surface area contributed by atoms with Crippen molar-refractivity contribution in [2.75, 3.05) is 6.54 Å². The van der Waals surface area contributed by atoms with Crippen LogP contribution < -0.4 is 4.72 Å². The Kier molecular flexibility index (Phi) is 5.98. The molecule has 5 nitrogen and oxygen atoms in total. The minimum atomic E-state index is -3.47. The predicted molar refractivity (Wildman–Crippen MR) is 104 cm³/mol. The highest BCUT2D eigenvalue weighted by molar-refractivity contribution is 7.88. The van der Waals surface area contributed by atoms with Gasteiger partial charge in [0.25, 0.3) is 0 Å². The average molecular weight is 410 g/mol. The van der Waals surface area contributed by atoms with E-state index in [2.05, 4.69) is 9.82 Å². The van der Waals surface area contributed by atoms with Gasteiger partial charge in [-0.1, -0.05) is 47.5 Å². The van der Waals surface area contributed by atoms with E-state index in [4.69, 9.17) is 23.2 Å². The van der Waals surface area contributed by atoms with E-state index in [0.717, 1.165) is 11.4 Å². The first-order valence-corrected chi connectivity index (χ1v) is 10.3. The minimum absolute atomic E-state index is 0.150. The highest BCUT2D eigenvalue weighted by Gasteiger charge is 2.12. The molecule has 0 aliphatic carbocycles. The number of hydrogen-bond donors (Lipinski definition) is 1. The molecule has 3 aromatic rings. The maximum Gasteiger partial charge on any atom is 0.215 e. The summed E-state index contributed by atoms with van der Waals surface area (Å²) >= 11 is 11.8. The van der Waals surface area contributed by atoms with E-state index >= 15 is 0 Å². The van der Waals surface area contributed by atoms with Crippen LogP contribution in [-0.4, -0.2) is 24.7 Å². The van der Waals surface area contributed by atoms with Crippen molar-refractivity contribution in [3.05, 3.63) is 82.1 Å². The third-order valence-corrected chi connectivity index (χ3v) is 5.81. The Morgan fingerprint density at radius 3 is 2.50 bits per heavy atom. The normalized spacial score (nSPS) is 11.6. The van der Waals surface area contributed by atoms with Crippen LogP contribution in [0.2, 0.25) is 10.0 Å². The molecule has 0 radical (unpaired) electrons. The summed E-state index contributed by atoms with van der Waals surface area (Å²) in [6.45, 7) is 0.273. The smallest absolute Gasteiger partial charge is 0.215 e. The third kappa shape index (κ3) is 5.08.